The monoisotopic (exact) mass is 549 g/mol. The van der Waals surface area contributed by atoms with E-state index in [1.165, 1.54) is 0 Å². The average molecular weight is 550 g/mol. The van der Waals surface area contributed by atoms with Crippen molar-refractivity contribution >= 4 is 21.8 Å². The fourth-order valence-corrected chi connectivity index (χ4v) is 5.47. The predicted molar refractivity (Wildman–Crippen MR) is 149 cm³/mol. The number of aryl methyl sites for hydroxylation is 1. The molecule has 8 nitrogen and oxygen atoms in total. The van der Waals surface area contributed by atoms with E-state index in [0.29, 0.717) is 18.7 Å². The van der Waals surface area contributed by atoms with E-state index >= 15 is 0 Å². The number of carbonyl (C=O) groups excluding carboxylic acids is 2. The van der Waals surface area contributed by atoms with Crippen molar-refractivity contribution in [3.05, 3.63) is 95.6 Å². The Hall–Kier alpha value is -3.69. The smallest absolute Gasteiger partial charge is 0.242 e. The summed E-state index contributed by atoms with van der Waals surface area (Å²) in [6, 6.07) is 23.0. The molecule has 0 aliphatic heterocycles. The summed E-state index contributed by atoms with van der Waals surface area (Å²) in [5.74, 6) is 0.307. The van der Waals surface area contributed by atoms with Gasteiger partial charge in [-0.25, -0.2) is 13.1 Å². The molecule has 0 unspecified atom stereocenters. The van der Waals surface area contributed by atoms with Gasteiger partial charge in [0.25, 0.3) is 0 Å². The first-order valence-electron chi connectivity index (χ1n) is 13.1. The van der Waals surface area contributed by atoms with Crippen molar-refractivity contribution in [2.24, 2.45) is 0 Å². The Labute approximate surface area is 230 Å². The van der Waals surface area contributed by atoms with E-state index in [1.807, 2.05) is 54.6 Å². The highest BCUT2D eigenvalue weighted by Crippen LogP contribution is 2.23. The molecule has 0 heterocycles. The lowest BCUT2D eigenvalue weighted by Gasteiger charge is -2.29. The lowest BCUT2D eigenvalue weighted by molar-refractivity contribution is -0.140. The molecule has 39 heavy (non-hydrogen) atoms. The molecule has 0 spiro atoms. The Morgan fingerprint density at radius 2 is 1.56 bits per heavy atom. The molecular weight excluding hydrogens is 514 g/mol. The Morgan fingerprint density at radius 3 is 2.18 bits per heavy atom. The van der Waals surface area contributed by atoms with Crippen LogP contribution in [0.4, 0.5) is 0 Å². The van der Waals surface area contributed by atoms with Crippen LogP contribution >= 0.6 is 0 Å². The minimum atomic E-state index is -3.52. The highest BCUT2D eigenvalue weighted by atomic mass is 32.2. The molecule has 0 aromatic heterocycles. The van der Waals surface area contributed by atoms with E-state index in [-0.39, 0.29) is 35.7 Å². The Morgan fingerprint density at radius 1 is 0.923 bits per heavy atom. The maximum atomic E-state index is 13.4. The minimum absolute atomic E-state index is 0.0378. The van der Waals surface area contributed by atoms with Crippen LogP contribution in [0.3, 0.4) is 0 Å². The second-order valence-corrected chi connectivity index (χ2v) is 11.5. The summed E-state index contributed by atoms with van der Waals surface area (Å²) in [7, 11) is -1.93. The number of ether oxygens (including phenoxy) is 1. The highest BCUT2D eigenvalue weighted by molar-refractivity contribution is 7.89. The minimum Gasteiger partial charge on any atom is -0.497 e. The lowest BCUT2D eigenvalue weighted by atomic mass is 10.1. The molecule has 4 rings (SSSR count). The molecule has 3 aromatic carbocycles. The summed E-state index contributed by atoms with van der Waals surface area (Å²) in [6.45, 7) is 2.38. The van der Waals surface area contributed by atoms with Gasteiger partial charge in [-0.1, -0.05) is 54.6 Å². The van der Waals surface area contributed by atoms with Crippen molar-refractivity contribution in [1.82, 2.24) is 14.9 Å². The molecular formula is C30H35N3O5S. The van der Waals surface area contributed by atoms with Crippen LogP contribution in [-0.4, -0.2) is 44.3 Å². The van der Waals surface area contributed by atoms with Crippen molar-refractivity contribution < 1.29 is 22.7 Å². The number of methoxy groups -OCH3 is 1. The molecule has 1 atom stereocenters. The first-order valence-corrected chi connectivity index (χ1v) is 14.6. The van der Waals surface area contributed by atoms with E-state index in [0.717, 1.165) is 29.5 Å². The van der Waals surface area contributed by atoms with Gasteiger partial charge in [0.05, 0.1) is 12.0 Å². The van der Waals surface area contributed by atoms with Gasteiger partial charge in [-0.05, 0) is 67.1 Å². The van der Waals surface area contributed by atoms with Crippen LogP contribution < -0.4 is 14.8 Å². The normalized spacial score (nSPS) is 13.9. The zero-order chi connectivity index (χ0) is 27.8. The number of rotatable bonds is 13. The average Bonchev–Trinajstić information content (AvgIpc) is 3.77. The molecule has 2 amide bonds. The maximum Gasteiger partial charge on any atom is 0.242 e. The summed E-state index contributed by atoms with van der Waals surface area (Å²) >= 11 is 0. The summed E-state index contributed by atoms with van der Waals surface area (Å²) in [4.78, 5) is 28.3. The van der Waals surface area contributed by atoms with Gasteiger partial charge in [0.2, 0.25) is 21.8 Å². The quantitative estimate of drug-likeness (QED) is 0.338. The van der Waals surface area contributed by atoms with E-state index in [2.05, 4.69) is 10.0 Å². The van der Waals surface area contributed by atoms with Crippen molar-refractivity contribution in [2.45, 2.75) is 62.7 Å². The Bertz CT molecular complexity index is 1360. The van der Waals surface area contributed by atoms with Gasteiger partial charge >= 0.3 is 0 Å². The van der Waals surface area contributed by atoms with E-state index in [1.54, 1.807) is 43.2 Å². The van der Waals surface area contributed by atoms with Gasteiger partial charge in [-0.3, -0.25) is 9.59 Å². The molecule has 0 bridgehead atoms. The Balaban J connectivity index is 1.42. The number of hydrogen-bond acceptors (Lipinski definition) is 5. The molecule has 1 aliphatic carbocycles. The van der Waals surface area contributed by atoms with Gasteiger partial charge < -0.3 is 15.0 Å². The Kier molecular flexibility index (Phi) is 9.37. The zero-order valence-electron chi connectivity index (χ0n) is 22.3. The molecule has 0 radical (unpaired) electrons. The summed E-state index contributed by atoms with van der Waals surface area (Å²) in [5, 5.41) is 2.93. The number of amides is 2. The largest absolute Gasteiger partial charge is 0.497 e. The summed E-state index contributed by atoms with van der Waals surface area (Å²) in [5.41, 5.74) is 2.70. The van der Waals surface area contributed by atoms with Crippen molar-refractivity contribution in [3.8, 4) is 5.75 Å². The van der Waals surface area contributed by atoms with Crippen LogP contribution in [0.1, 0.15) is 42.9 Å². The van der Waals surface area contributed by atoms with Crippen LogP contribution in [0.25, 0.3) is 0 Å². The van der Waals surface area contributed by atoms with Crippen LogP contribution in [0.15, 0.2) is 83.8 Å². The number of hydrogen-bond donors (Lipinski definition) is 2. The maximum absolute atomic E-state index is 13.4. The summed E-state index contributed by atoms with van der Waals surface area (Å²) in [6.07, 6.45) is 2.34. The van der Waals surface area contributed by atoms with Gasteiger partial charge in [-0.2, -0.15) is 0 Å². The zero-order valence-corrected chi connectivity index (χ0v) is 23.1. The van der Waals surface area contributed by atoms with Crippen LogP contribution in [0.2, 0.25) is 0 Å². The number of nitrogens with one attached hydrogen (secondary N) is 2. The fourth-order valence-electron chi connectivity index (χ4n) is 4.16. The molecule has 1 fully saturated rings. The van der Waals surface area contributed by atoms with E-state index in [4.69, 9.17) is 4.74 Å². The fraction of sp³-hybridized carbons (Fsp3) is 0.333. The lowest BCUT2D eigenvalue weighted by Crippen LogP contribution is -2.47. The van der Waals surface area contributed by atoms with Gasteiger partial charge in [0.15, 0.2) is 0 Å². The van der Waals surface area contributed by atoms with Crippen LogP contribution in [0.5, 0.6) is 5.75 Å². The topological polar surface area (TPSA) is 105 Å². The molecule has 1 saturated carbocycles. The third-order valence-corrected chi connectivity index (χ3v) is 8.29. The van der Waals surface area contributed by atoms with Crippen LogP contribution in [-0.2, 0) is 39.1 Å². The third kappa shape index (κ3) is 8.15. The van der Waals surface area contributed by atoms with Gasteiger partial charge in [-0.15, -0.1) is 0 Å². The summed E-state index contributed by atoms with van der Waals surface area (Å²) < 4.78 is 32.8. The van der Waals surface area contributed by atoms with Crippen molar-refractivity contribution in [2.75, 3.05) is 7.11 Å². The number of sulfonamides is 1. The molecule has 206 valence electrons. The van der Waals surface area contributed by atoms with Gasteiger partial charge in [0.1, 0.15) is 11.8 Å². The number of benzene rings is 3. The molecule has 3 aromatic rings. The SMILES string of the molecule is COc1ccc(CN(C(=O)CCc2ccc(S(=O)(=O)NC3CC3)cc2)[C@@H](C)C(=O)NCc2ccccc2)cc1. The molecule has 9 heteroatoms. The standard InChI is InChI=1S/C30H35N3O5S/c1-22(30(35)31-20-24-6-4-3-5-7-24)33(21-25-8-15-27(38-2)16-9-25)29(34)19-12-23-10-17-28(18-11-23)39(36,37)32-26-13-14-26/h3-11,15-18,22,26,32H,12-14,19-21H2,1-2H3,(H,31,35)/t22-/m0/s1. The van der Waals surface area contributed by atoms with E-state index in [9.17, 15) is 18.0 Å². The molecule has 1 aliphatic rings. The van der Waals surface area contributed by atoms with Gasteiger partial charge in [0, 0.05) is 25.6 Å². The first-order chi connectivity index (χ1) is 18.7. The molecule has 2 N–H and O–H groups in total. The second-order valence-electron chi connectivity index (χ2n) is 9.79. The molecule has 0 saturated heterocycles. The third-order valence-electron chi connectivity index (χ3n) is 6.75. The number of nitrogens with zero attached hydrogens (tertiary/aromatic N) is 1. The second kappa shape index (κ2) is 12.9. The van der Waals surface area contributed by atoms with E-state index < -0.39 is 16.1 Å². The first kappa shape index (κ1) is 28.3. The number of carbonyl (C=O) groups is 2. The van der Waals surface area contributed by atoms with Crippen LogP contribution in [0, 0.1) is 0 Å². The van der Waals surface area contributed by atoms with Crippen molar-refractivity contribution in [3.63, 3.8) is 0 Å². The van der Waals surface area contributed by atoms with Crippen molar-refractivity contribution in [1.29, 1.82) is 0 Å². The highest BCUT2D eigenvalue weighted by Gasteiger charge is 2.28. The predicted octanol–water partition coefficient (Wildman–Crippen LogP) is 3.80.